The maximum absolute atomic E-state index is 10.7. The van der Waals surface area contributed by atoms with Crippen LogP contribution in [0, 0.1) is 10.1 Å². The molecular formula is C24H32N10O2. The number of hydrogen-bond donors (Lipinski definition) is 3. The number of anilines is 1. The fourth-order valence-corrected chi connectivity index (χ4v) is 3.39. The lowest BCUT2D eigenvalue weighted by molar-refractivity contribution is -0.384. The minimum absolute atomic E-state index is 0.0511. The molecule has 0 fully saturated rings. The molecule has 0 amide bonds. The summed E-state index contributed by atoms with van der Waals surface area (Å²) in [7, 11) is 0. The highest BCUT2D eigenvalue weighted by molar-refractivity contribution is 5.63. The molecule has 0 atom stereocenters. The average molecular weight is 493 g/mol. The molecule has 0 aliphatic heterocycles. The van der Waals surface area contributed by atoms with Gasteiger partial charge < -0.3 is 17.2 Å². The normalized spacial score (nSPS) is 10.6. The zero-order valence-electron chi connectivity index (χ0n) is 20.1. The van der Waals surface area contributed by atoms with Crippen LogP contribution in [0.1, 0.15) is 25.7 Å². The predicted molar refractivity (Wildman–Crippen MR) is 139 cm³/mol. The van der Waals surface area contributed by atoms with Gasteiger partial charge in [-0.25, -0.2) is 0 Å². The van der Waals surface area contributed by atoms with Crippen molar-refractivity contribution in [1.29, 1.82) is 0 Å². The number of unbranched alkanes of at least 4 members (excludes halogenated alkanes) is 2. The highest BCUT2D eigenvalue weighted by Crippen LogP contribution is 2.22. The van der Waals surface area contributed by atoms with Crippen molar-refractivity contribution in [2.24, 2.45) is 11.5 Å². The number of benzene rings is 2. The van der Waals surface area contributed by atoms with Gasteiger partial charge in [0.05, 0.1) is 17.3 Å². The molecule has 4 rings (SSSR count). The summed E-state index contributed by atoms with van der Waals surface area (Å²) in [5.74, 6) is 0. The SMILES string of the molecule is NCCCCn1cc(-c2cccc(N)c2)nn1.NCCCCn1cc(-c2cccc([N+](=O)[O-])c2)nn1. The molecule has 12 heteroatoms. The quantitative estimate of drug-likeness (QED) is 0.123. The molecule has 0 saturated carbocycles. The number of nitrogen functional groups attached to an aromatic ring is 1. The van der Waals surface area contributed by atoms with Crippen LogP contribution in [0.5, 0.6) is 0 Å². The number of non-ortho nitro benzene ring substituents is 1. The van der Waals surface area contributed by atoms with Crippen molar-refractivity contribution >= 4 is 11.4 Å². The van der Waals surface area contributed by atoms with Gasteiger partial charge in [-0.15, -0.1) is 10.2 Å². The Morgan fingerprint density at radius 2 is 1.31 bits per heavy atom. The number of nitrogens with two attached hydrogens (primary N) is 3. The van der Waals surface area contributed by atoms with E-state index >= 15 is 0 Å². The Labute approximate surface area is 209 Å². The van der Waals surface area contributed by atoms with Crippen LogP contribution in [-0.4, -0.2) is 48.0 Å². The monoisotopic (exact) mass is 492 g/mol. The van der Waals surface area contributed by atoms with Crippen LogP contribution < -0.4 is 17.2 Å². The third-order valence-corrected chi connectivity index (χ3v) is 5.30. The second-order valence-electron chi connectivity index (χ2n) is 8.16. The molecule has 0 aliphatic carbocycles. The van der Waals surface area contributed by atoms with Crippen LogP contribution in [0.25, 0.3) is 22.5 Å². The van der Waals surface area contributed by atoms with Crippen LogP contribution in [0.15, 0.2) is 60.9 Å². The molecule has 36 heavy (non-hydrogen) atoms. The Morgan fingerprint density at radius 3 is 1.81 bits per heavy atom. The Balaban J connectivity index is 0.000000202. The molecule has 12 nitrogen and oxygen atoms in total. The van der Waals surface area contributed by atoms with E-state index in [4.69, 9.17) is 17.2 Å². The Morgan fingerprint density at radius 1 is 0.778 bits per heavy atom. The second kappa shape index (κ2) is 13.7. The van der Waals surface area contributed by atoms with E-state index in [0.29, 0.717) is 17.8 Å². The zero-order valence-corrected chi connectivity index (χ0v) is 20.1. The lowest BCUT2D eigenvalue weighted by atomic mass is 10.1. The number of nitro groups is 1. The first-order chi connectivity index (χ1) is 17.5. The number of aromatic nitrogens is 6. The molecular weight excluding hydrogens is 460 g/mol. The van der Waals surface area contributed by atoms with Gasteiger partial charge in [0.15, 0.2) is 0 Å². The van der Waals surface area contributed by atoms with Gasteiger partial charge in [0.2, 0.25) is 0 Å². The maximum atomic E-state index is 10.7. The number of aryl methyl sites for hydroxylation is 2. The Hall–Kier alpha value is -4.16. The van der Waals surface area contributed by atoms with E-state index in [9.17, 15) is 10.1 Å². The summed E-state index contributed by atoms with van der Waals surface area (Å²) in [4.78, 5) is 10.3. The van der Waals surface area contributed by atoms with Crippen molar-refractivity contribution in [3.63, 3.8) is 0 Å². The number of rotatable bonds is 11. The molecule has 190 valence electrons. The first kappa shape index (κ1) is 26.4. The minimum atomic E-state index is -0.421. The standard InChI is InChI=1S/C12H15N5O2.C12H17N5/c13-6-1-2-7-16-9-12(14-15-16)10-4-3-5-11(8-10)17(18)19;13-6-1-2-7-17-9-12(15-16-17)10-4-3-5-11(14)8-10/h3-5,8-9H,1-2,6-7,13H2;3-5,8-9H,1-2,6-7,13-14H2. The molecule has 0 spiro atoms. The van der Waals surface area contributed by atoms with Gasteiger partial charge >= 0.3 is 0 Å². The fraction of sp³-hybridized carbons (Fsp3) is 0.333. The first-order valence-corrected chi connectivity index (χ1v) is 11.8. The van der Waals surface area contributed by atoms with E-state index in [1.165, 1.54) is 12.1 Å². The van der Waals surface area contributed by atoms with Gasteiger partial charge in [-0.3, -0.25) is 19.5 Å². The van der Waals surface area contributed by atoms with Crippen LogP contribution >= 0.6 is 0 Å². The zero-order chi connectivity index (χ0) is 25.8. The average Bonchev–Trinajstić information content (AvgIpc) is 3.55. The molecule has 2 aromatic heterocycles. The van der Waals surface area contributed by atoms with Gasteiger partial charge in [0.25, 0.3) is 5.69 Å². The van der Waals surface area contributed by atoms with E-state index in [1.54, 1.807) is 23.0 Å². The maximum Gasteiger partial charge on any atom is 0.270 e. The molecule has 0 aliphatic rings. The molecule has 4 aromatic rings. The number of nitro benzene ring substituents is 1. The summed E-state index contributed by atoms with van der Waals surface area (Å²) in [6.45, 7) is 2.98. The van der Waals surface area contributed by atoms with Gasteiger partial charge in [-0.05, 0) is 50.9 Å². The van der Waals surface area contributed by atoms with Crippen molar-refractivity contribution in [3.05, 3.63) is 71.0 Å². The van der Waals surface area contributed by atoms with Crippen molar-refractivity contribution in [2.75, 3.05) is 18.8 Å². The highest BCUT2D eigenvalue weighted by Gasteiger charge is 2.09. The third-order valence-electron chi connectivity index (χ3n) is 5.30. The summed E-state index contributed by atoms with van der Waals surface area (Å²) in [6, 6.07) is 14.0. The van der Waals surface area contributed by atoms with E-state index in [1.807, 2.05) is 35.1 Å². The minimum Gasteiger partial charge on any atom is -0.399 e. The lowest BCUT2D eigenvalue weighted by Crippen LogP contribution is -2.03. The smallest absolute Gasteiger partial charge is 0.270 e. The fourth-order valence-electron chi connectivity index (χ4n) is 3.39. The molecule has 6 N–H and O–H groups in total. The van der Waals surface area contributed by atoms with Crippen LogP contribution in [0.3, 0.4) is 0 Å². The molecule has 0 unspecified atom stereocenters. The van der Waals surface area contributed by atoms with Gasteiger partial charge in [0.1, 0.15) is 11.4 Å². The Bertz CT molecular complexity index is 1240. The van der Waals surface area contributed by atoms with Crippen LogP contribution in [0.4, 0.5) is 11.4 Å². The number of hydrogen-bond acceptors (Lipinski definition) is 9. The van der Waals surface area contributed by atoms with Crippen LogP contribution in [-0.2, 0) is 13.1 Å². The molecule has 2 heterocycles. The Kier molecular flexibility index (Phi) is 10.0. The van der Waals surface area contributed by atoms with Crippen molar-refractivity contribution < 1.29 is 4.92 Å². The van der Waals surface area contributed by atoms with Crippen molar-refractivity contribution in [2.45, 2.75) is 38.8 Å². The van der Waals surface area contributed by atoms with Crippen LogP contribution in [0.2, 0.25) is 0 Å². The predicted octanol–water partition coefficient (Wildman–Crippen LogP) is 2.86. The summed E-state index contributed by atoms with van der Waals surface area (Å²) in [6.07, 6.45) is 7.63. The first-order valence-electron chi connectivity index (χ1n) is 11.8. The third kappa shape index (κ3) is 7.96. The van der Waals surface area contributed by atoms with E-state index < -0.39 is 4.92 Å². The van der Waals surface area contributed by atoms with Gasteiger partial charge in [-0.2, -0.15) is 0 Å². The summed E-state index contributed by atoms with van der Waals surface area (Å²) in [5.41, 5.74) is 20.6. The highest BCUT2D eigenvalue weighted by atomic mass is 16.6. The molecule has 0 bridgehead atoms. The second-order valence-corrected chi connectivity index (χ2v) is 8.16. The van der Waals surface area contributed by atoms with Crippen molar-refractivity contribution in [3.8, 4) is 22.5 Å². The number of nitrogens with zero attached hydrogens (tertiary/aromatic N) is 7. The van der Waals surface area contributed by atoms with Gasteiger partial charge in [0, 0.05) is 42.0 Å². The lowest BCUT2D eigenvalue weighted by Gasteiger charge is -1.98. The molecule has 0 radical (unpaired) electrons. The largest absolute Gasteiger partial charge is 0.399 e. The van der Waals surface area contributed by atoms with E-state index in [0.717, 1.165) is 62.3 Å². The summed E-state index contributed by atoms with van der Waals surface area (Å²) in [5, 5.41) is 26.9. The van der Waals surface area contributed by atoms with Gasteiger partial charge in [-0.1, -0.05) is 34.7 Å². The topological polar surface area (TPSA) is 183 Å². The molecule has 0 saturated heterocycles. The summed E-state index contributed by atoms with van der Waals surface area (Å²) < 4.78 is 3.57. The van der Waals surface area contributed by atoms with Crippen molar-refractivity contribution in [1.82, 2.24) is 30.0 Å². The van der Waals surface area contributed by atoms with E-state index in [-0.39, 0.29) is 5.69 Å². The summed E-state index contributed by atoms with van der Waals surface area (Å²) >= 11 is 0. The van der Waals surface area contributed by atoms with E-state index in [2.05, 4.69) is 20.6 Å². The molecule has 2 aromatic carbocycles.